The zero-order valence-electron chi connectivity index (χ0n) is 9.64. The first-order valence-electron chi connectivity index (χ1n) is 5.31. The van der Waals surface area contributed by atoms with Crippen molar-refractivity contribution in [2.24, 2.45) is 14.1 Å². The standard InChI is InChI=1S/C12H12N4O/c1-15-8-6-4-3-5-7(8)10-9(12(15)17)11(13)16(2)14-10/h3-6H,13H2,1-2H3. The first kappa shape index (κ1) is 9.89. The van der Waals surface area contributed by atoms with Crippen molar-refractivity contribution in [2.75, 3.05) is 5.73 Å². The van der Waals surface area contributed by atoms with E-state index in [0.717, 1.165) is 10.9 Å². The van der Waals surface area contributed by atoms with Crippen molar-refractivity contribution in [2.45, 2.75) is 0 Å². The predicted molar refractivity (Wildman–Crippen MR) is 67.9 cm³/mol. The molecule has 1 aromatic carbocycles. The molecule has 0 radical (unpaired) electrons. The van der Waals surface area contributed by atoms with Crippen molar-refractivity contribution in [3.05, 3.63) is 34.6 Å². The third kappa shape index (κ3) is 1.13. The lowest BCUT2D eigenvalue weighted by Gasteiger charge is -2.04. The SMILES string of the molecule is Cn1nc2c(c1N)c(=O)n(C)c1ccccc21. The highest BCUT2D eigenvalue weighted by Gasteiger charge is 2.15. The Hall–Kier alpha value is -2.30. The Bertz CT molecular complexity index is 797. The average Bonchev–Trinajstić information content (AvgIpc) is 2.63. The predicted octanol–water partition coefficient (Wildman–Crippen LogP) is 1.01. The fourth-order valence-electron chi connectivity index (χ4n) is 2.18. The average molecular weight is 228 g/mol. The Morgan fingerprint density at radius 2 is 1.94 bits per heavy atom. The van der Waals surface area contributed by atoms with Gasteiger partial charge in [0.15, 0.2) is 0 Å². The van der Waals surface area contributed by atoms with Gasteiger partial charge in [-0.05, 0) is 6.07 Å². The van der Waals surface area contributed by atoms with E-state index >= 15 is 0 Å². The van der Waals surface area contributed by atoms with Gasteiger partial charge in [0.25, 0.3) is 5.56 Å². The van der Waals surface area contributed by atoms with Crippen LogP contribution in [-0.4, -0.2) is 14.3 Å². The topological polar surface area (TPSA) is 65.8 Å². The molecule has 3 aromatic rings. The van der Waals surface area contributed by atoms with Gasteiger partial charge in [0.1, 0.15) is 16.7 Å². The van der Waals surface area contributed by atoms with Crippen LogP contribution < -0.4 is 11.3 Å². The summed E-state index contributed by atoms with van der Waals surface area (Å²) in [4.78, 5) is 12.2. The van der Waals surface area contributed by atoms with Crippen LogP contribution in [0.4, 0.5) is 5.82 Å². The van der Waals surface area contributed by atoms with Gasteiger partial charge in [-0.15, -0.1) is 0 Å². The van der Waals surface area contributed by atoms with Gasteiger partial charge in [-0.3, -0.25) is 9.48 Å². The lowest BCUT2D eigenvalue weighted by molar-refractivity contribution is 0.792. The maximum absolute atomic E-state index is 12.2. The molecule has 17 heavy (non-hydrogen) atoms. The summed E-state index contributed by atoms with van der Waals surface area (Å²) in [6.45, 7) is 0. The molecule has 0 saturated carbocycles. The van der Waals surface area contributed by atoms with Crippen molar-refractivity contribution in [1.82, 2.24) is 14.3 Å². The normalized spacial score (nSPS) is 11.4. The summed E-state index contributed by atoms with van der Waals surface area (Å²) < 4.78 is 3.15. The summed E-state index contributed by atoms with van der Waals surface area (Å²) >= 11 is 0. The maximum atomic E-state index is 12.2. The van der Waals surface area contributed by atoms with Crippen molar-refractivity contribution in [3.63, 3.8) is 0 Å². The molecule has 0 unspecified atom stereocenters. The number of benzene rings is 1. The molecule has 0 fully saturated rings. The number of pyridine rings is 1. The Balaban J connectivity index is 2.75. The highest BCUT2D eigenvalue weighted by Crippen LogP contribution is 2.24. The van der Waals surface area contributed by atoms with Gasteiger partial charge >= 0.3 is 0 Å². The van der Waals surface area contributed by atoms with E-state index in [9.17, 15) is 4.79 Å². The summed E-state index contributed by atoms with van der Waals surface area (Å²) in [6.07, 6.45) is 0. The van der Waals surface area contributed by atoms with Gasteiger partial charge in [0.05, 0.1) is 5.52 Å². The van der Waals surface area contributed by atoms with Crippen LogP contribution in [0.3, 0.4) is 0 Å². The molecule has 0 aliphatic heterocycles. The third-order valence-electron chi connectivity index (χ3n) is 3.13. The maximum Gasteiger partial charge on any atom is 0.264 e. The monoisotopic (exact) mass is 228 g/mol. The van der Waals surface area contributed by atoms with Crippen molar-refractivity contribution >= 4 is 27.6 Å². The fourth-order valence-corrected chi connectivity index (χ4v) is 2.18. The Labute approximate surface area is 97.1 Å². The Morgan fingerprint density at radius 1 is 1.24 bits per heavy atom. The van der Waals surface area contributed by atoms with Crippen molar-refractivity contribution in [1.29, 1.82) is 0 Å². The third-order valence-corrected chi connectivity index (χ3v) is 3.13. The summed E-state index contributed by atoms with van der Waals surface area (Å²) in [5, 5.41) is 5.76. The van der Waals surface area contributed by atoms with E-state index in [-0.39, 0.29) is 5.56 Å². The Kier molecular flexibility index (Phi) is 1.80. The molecular formula is C12H12N4O. The molecule has 0 amide bonds. The number of fused-ring (bicyclic) bond motifs is 3. The van der Waals surface area contributed by atoms with Crippen LogP contribution in [-0.2, 0) is 14.1 Å². The smallest absolute Gasteiger partial charge is 0.264 e. The first-order chi connectivity index (χ1) is 8.11. The highest BCUT2D eigenvalue weighted by molar-refractivity contribution is 6.06. The van der Waals surface area contributed by atoms with Crippen LogP contribution in [0.5, 0.6) is 0 Å². The van der Waals surface area contributed by atoms with Crippen molar-refractivity contribution in [3.8, 4) is 0 Å². The number of anilines is 1. The lowest BCUT2D eigenvalue weighted by Crippen LogP contribution is -2.17. The lowest BCUT2D eigenvalue weighted by atomic mass is 10.1. The summed E-state index contributed by atoms with van der Waals surface area (Å²) in [6, 6.07) is 7.68. The molecule has 0 aliphatic carbocycles. The fraction of sp³-hybridized carbons (Fsp3) is 0.167. The van der Waals surface area contributed by atoms with E-state index in [0.29, 0.717) is 16.7 Å². The minimum atomic E-state index is -0.107. The van der Waals surface area contributed by atoms with Crippen LogP contribution >= 0.6 is 0 Å². The molecule has 0 aliphatic rings. The molecule has 3 rings (SSSR count). The second-order valence-corrected chi connectivity index (χ2v) is 4.11. The van der Waals surface area contributed by atoms with Gasteiger partial charge in [0.2, 0.25) is 0 Å². The molecule has 2 aromatic heterocycles. The summed E-state index contributed by atoms with van der Waals surface area (Å²) in [7, 11) is 3.49. The molecular weight excluding hydrogens is 216 g/mol. The van der Waals surface area contributed by atoms with E-state index < -0.39 is 0 Å². The molecule has 5 nitrogen and oxygen atoms in total. The minimum Gasteiger partial charge on any atom is -0.383 e. The molecule has 86 valence electrons. The summed E-state index contributed by atoms with van der Waals surface area (Å²) in [5.74, 6) is 0.409. The van der Waals surface area contributed by atoms with Crippen LogP contribution in [0, 0.1) is 0 Å². The zero-order valence-corrected chi connectivity index (χ0v) is 9.64. The molecule has 5 heteroatoms. The largest absolute Gasteiger partial charge is 0.383 e. The van der Waals surface area contributed by atoms with E-state index in [2.05, 4.69) is 5.10 Å². The Morgan fingerprint density at radius 3 is 2.71 bits per heavy atom. The molecule has 0 spiro atoms. The number of hydrogen-bond donors (Lipinski definition) is 1. The zero-order chi connectivity index (χ0) is 12.2. The number of nitrogens with zero attached hydrogens (tertiary/aromatic N) is 3. The van der Waals surface area contributed by atoms with Crippen LogP contribution in [0.25, 0.3) is 21.8 Å². The van der Waals surface area contributed by atoms with Gasteiger partial charge in [-0.25, -0.2) is 0 Å². The molecule has 0 atom stereocenters. The number of para-hydroxylation sites is 1. The van der Waals surface area contributed by atoms with Crippen LogP contribution in [0.2, 0.25) is 0 Å². The molecule has 0 saturated heterocycles. The van der Waals surface area contributed by atoms with E-state index in [4.69, 9.17) is 5.73 Å². The van der Waals surface area contributed by atoms with Crippen LogP contribution in [0.1, 0.15) is 0 Å². The molecule has 2 heterocycles. The van der Waals surface area contributed by atoms with Gasteiger partial charge in [0, 0.05) is 19.5 Å². The summed E-state index contributed by atoms with van der Waals surface area (Å²) in [5.41, 5.74) is 7.31. The number of aryl methyl sites for hydroxylation is 2. The number of hydrogen-bond acceptors (Lipinski definition) is 3. The number of aromatic nitrogens is 3. The number of nitrogens with two attached hydrogens (primary N) is 1. The van der Waals surface area contributed by atoms with E-state index in [1.54, 1.807) is 23.3 Å². The van der Waals surface area contributed by atoms with Gasteiger partial charge in [-0.2, -0.15) is 5.10 Å². The van der Waals surface area contributed by atoms with Gasteiger partial charge in [-0.1, -0.05) is 18.2 Å². The second kappa shape index (κ2) is 3.10. The van der Waals surface area contributed by atoms with Crippen LogP contribution in [0.15, 0.2) is 29.1 Å². The number of rotatable bonds is 0. The van der Waals surface area contributed by atoms with Crippen molar-refractivity contribution < 1.29 is 0 Å². The van der Waals surface area contributed by atoms with Gasteiger partial charge < -0.3 is 10.3 Å². The van der Waals surface area contributed by atoms with E-state index in [1.807, 2.05) is 24.3 Å². The minimum absolute atomic E-state index is 0.107. The second-order valence-electron chi connectivity index (χ2n) is 4.11. The number of nitrogen functional groups attached to an aromatic ring is 1. The highest BCUT2D eigenvalue weighted by atomic mass is 16.1. The molecule has 2 N–H and O–H groups in total. The quantitative estimate of drug-likeness (QED) is 0.624. The first-order valence-corrected chi connectivity index (χ1v) is 5.31. The molecule has 0 bridgehead atoms. The van der Waals surface area contributed by atoms with E-state index in [1.165, 1.54) is 0 Å².